The maximum atomic E-state index is 13.2. The minimum atomic E-state index is -4.49. The lowest BCUT2D eigenvalue weighted by Gasteiger charge is -2.36. The predicted octanol–water partition coefficient (Wildman–Crippen LogP) is 3.21. The summed E-state index contributed by atoms with van der Waals surface area (Å²) in [6, 6.07) is 6.90. The number of hydrogen-bond donors (Lipinski definition) is 1. The Morgan fingerprint density at radius 1 is 1.19 bits per heavy atom. The van der Waals surface area contributed by atoms with Crippen molar-refractivity contribution in [3.8, 4) is 0 Å². The highest BCUT2D eigenvalue weighted by atomic mass is 35.5. The van der Waals surface area contributed by atoms with E-state index in [1.165, 1.54) is 28.1 Å². The second-order valence-electron chi connectivity index (χ2n) is 6.11. The molecule has 3 rings (SSSR count). The molecule has 1 amide bonds. The summed E-state index contributed by atoms with van der Waals surface area (Å²) >= 11 is 5.94. The Morgan fingerprint density at radius 2 is 1.89 bits per heavy atom. The number of piperazine rings is 1. The van der Waals surface area contributed by atoms with Gasteiger partial charge in [0.05, 0.1) is 12.2 Å². The average Bonchev–Trinajstić information content (AvgIpc) is 2.67. The lowest BCUT2D eigenvalue weighted by atomic mass is 10.1. The van der Waals surface area contributed by atoms with Crippen molar-refractivity contribution >= 4 is 23.3 Å². The van der Waals surface area contributed by atoms with Crippen LogP contribution < -0.4 is 4.90 Å². The third-order valence-electron chi connectivity index (χ3n) is 4.43. The maximum absolute atomic E-state index is 13.2. The number of alkyl halides is 3. The quantitative estimate of drug-likeness (QED) is 0.861. The van der Waals surface area contributed by atoms with Crippen LogP contribution in [0.2, 0.25) is 5.02 Å². The maximum Gasteiger partial charge on any atom is 0.419 e. The van der Waals surface area contributed by atoms with Gasteiger partial charge in [-0.25, -0.2) is 4.98 Å². The van der Waals surface area contributed by atoms with Gasteiger partial charge in [0.1, 0.15) is 5.82 Å². The molecule has 1 aliphatic rings. The smallest absolute Gasteiger partial charge is 0.392 e. The zero-order valence-electron chi connectivity index (χ0n) is 14.2. The van der Waals surface area contributed by atoms with Crippen molar-refractivity contribution in [1.82, 2.24) is 9.88 Å². The van der Waals surface area contributed by atoms with Gasteiger partial charge >= 0.3 is 6.18 Å². The third-order valence-corrected chi connectivity index (χ3v) is 4.67. The SMILES string of the molecule is O=C(c1cc(Cl)ccc1CO)N1CCN(c2ncccc2C(F)(F)F)CC1. The van der Waals surface area contributed by atoms with Crippen molar-refractivity contribution in [2.75, 3.05) is 31.1 Å². The first-order chi connectivity index (χ1) is 12.8. The summed E-state index contributed by atoms with van der Waals surface area (Å²) in [7, 11) is 0. The van der Waals surface area contributed by atoms with Crippen LogP contribution in [0.5, 0.6) is 0 Å². The Balaban J connectivity index is 1.75. The van der Waals surface area contributed by atoms with Crippen LogP contribution in [-0.4, -0.2) is 47.1 Å². The zero-order chi connectivity index (χ0) is 19.6. The summed E-state index contributed by atoms with van der Waals surface area (Å²) in [4.78, 5) is 19.7. The van der Waals surface area contributed by atoms with Crippen LogP contribution in [-0.2, 0) is 12.8 Å². The van der Waals surface area contributed by atoms with Gasteiger partial charge in [-0.15, -0.1) is 0 Å². The molecule has 0 atom stereocenters. The van der Waals surface area contributed by atoms with Gasteiger partial charge in [0.15, 0.2) is 0 Å². The van der Waals surface area contributed by atoms with Crippen LogP contribution in [0.4, 0.5) is 19.0 Å². The van der Waals surface area contributed by atoms with E-state index in [9.17, 15) is 23.1 Å². The minimum absolute atomic E-state index is 0.129. The molecule has 0 radical (unpaired) electrons. The van der Waals surface area contributed by atoms with E-state index in [1.807, 2.05) is 0 Å². The number of benzene rings is 1. The molecule has 5 nitrogen and oxygen atoms in total. The first-order valence-electron chi connectivity index (χ1n) is 8.27. The number of amides is 1. The van der Waals surface area contributed by atoms with E-state index in [0.29, 0.717) is 16.1 Å². The third kappa shape index (κ3) is 4.17. The molecular formula is C18H17ClF3N3O2. The van der Waals surface area contributed by atoms with Crippen molar-refractivity contribution in [2.45, 2.75) is 12.8 Å². The highest BCUT2D eigenvalue weighted by Gasteiger charge is 2.36. The number of hydrogen-bond acceptors (Lipinski definition) is 4. The van der Waals surface area contributed by atoms with Gasteiger partial charge in [-0.2, -0.15) is 13.2 Å². The summed E-state index contributed by atoms with van der Waals surface area (Å²) in [5.74, 6) is -0.436. The van der Waals surface area contributed by atoms with Gasteiger partial charge < -0.3 is 14.9 Å². The molecule has 1 N–H and O–H groups in total. The van der Waals surface area contributed by atoms with Crippen molar-refractivity contribution in [1.29, 1.82) is 0 Å². The van der Waals surface area contributed by atoms with Gasteiger partial charge in [0.25, 0.3) is 5.91 Å². The zero-order valence-corrected chi connectivity index (χ0v) is 15.0. The predicted molar refractivity (Wildman–Crippen MR) is 94.7 cm³/mol. The van der Waals surface area contributed by atoms with Crippen molar-refractivity contribution in [3.63, 3.8) is 0 Å². The van der Waals surface area contributed by atoms with E-state index < -0.39 is 11.7 Å². The van der Waals surface area contributed by atoms with Gasteiger partial charge in [0.2, 0.25) is 0 Å². The highest BCUT2D eigenvalue weighted by molar-refractivity contribution is 6.31. The van der Waals surface area contributed by atoms with E-state index >= 15 is 0 Å². The number of aromatic nitrogens is 1. The Bertz CT molecular complexity index is 837. The van der Waals surface area contributed by atoms with Gasteiger partial charge in [-0.1, -0.05) is 17.7 Å². The number of halogens is 4. The van der Waals surface area contributed by atoms with E-state index in [0.717, 1.165) is 6.07 Å². The molecular weight excluding hydrogens is 383 g/mol. The second-order valence-corrected chi connectivity index (χ2v) is 6.55. The number of aliphatic hydroxyl groups excluding tert-OH is 1. The van der Waals surface area contributed by atoms with Crippen LogP contribution in [0, 0.1) is 0 Å². The molecule has 0 aliphatic carbocycles. The molecule has 1 aromatic heterocycles. The fourth-order valence-electron chi connectivity index (χ4n) is 3.05. The molecule has 144 valence electrons. The molecule has 1 aromatic carbocycles. The summed E-state index contributed by atoms with van der Waals surface area (Å²) in [6.07, 6.45) is -3.17. The second kappa shape index (κ2) is 7.74. The van der Waals surface area contributed by atoms with Gasteiger partial charge in [0, 0.05) is 43.0 Å². The molecule has 9 heteroatoms. The highest BCUT2D eigenvalue weighted by Crippen LogP contribution is 2.35. The molecule has 1 aliphatic heterocycles. The number of anilines is 1. The fourth-order valence-corrected chi connectivity index (χ4v) is 3.22. The lowest BCUT2D eigenvalue weighted by molar-refractivity contribution is -0.137. The molecule has 1 saturated heterocycles. The summed E-state index contributed by atoms with van der Waals surface area (Å²) in [5.41, 5.74) is -0.0367. The molecule has 0 bridgehead atoms. The normalized spacial score (nSPS) is 15.1. The molecule has 2 aromatic rings. The van der Waals surface area contributed by atoms with E-state index in [1.54, 1.807) is 12.1 Å². The van der Waals surface area contributed by atoms with Crippen LogP contribution >= 0.6 is 11.6 Å². The average molecular weight is 400 g/mol. The molecule has 1 fully saturated rings. The van der Waals surface area contributed by atoms with Crippen molar-refractivity contribution < 1.29 is 23.1 Å². The first-order valence-corrected chi connectivity index (χ1v) is 8.65. The van der Waals surface area contributed by atoms with Gasteiger partial charge in [-0.05, 0) is 29.8 Å². The summed E-state index contributed by atoms with van der Waals surface area (Å²) in [6.45, 7) is 0.622. The Morgan fingerprint density at radius 3 is 2.52 bits per heavy atom. The monoisotopic (exact) mass is 399 g/mol. The topological polar surface area (TPSA) is 56.7 Å². The Kier molecular flexibility index (Phi) is 5.57. The van der Waals surface area contributed by atoms with Crippen molar-refractivity contribution in [2.24, 2.45) is 0 Å². The lowest BCUT2D eigenvalue weighted by Crippen LogP contribution is -2.49. The van der Waals surface area contributed by atoms with E-state index in [-0.39, 0.29) is 44.5 Å². The summed E-state index contributed by atoms with van der Waals surface area (Å²) in [5, 5.41) is 9.79. The first kappa shape index (κ1) is 19.4. The Hall–Kier alpha value is -2.32. The number of nitrogens with zero attached hydrogens (tertiary/aromatic N) is 3. The largest absolute Gasteiger partial charge is 0.419 e. The van der Waals surface area contributed by atoms with E-state index in [4.69, 9.17) is 11.6 Å². The Labute approximate surface area is 159 Å². The fraction of sp³-hybridized carbons (Fsp3) is 0.333. The van der Waals surface area contributed by atoms with Crippen LogP contribution in [0.1, 0.15) is 21.5 Å². The molecule has 0 unspecified atom stereocenters. The summed E-state index contributed by atoms with van der Waals surface area (Å²) < 4.78 is 39.6. The number of pyridine rings is 1. The molecule has 27 heavy (non-hydrogen) atoms. The molecule has 2 heterocycles. The van der Waals surface area contributed by atoms with Crippen LogP contribution in [0.3, 0.4) is 0 Å². The number of carbonyl (C=O) groups is 1. The molecule has 0 saturated carbocycles. The van der Waals surface area contributed by atoms with Crippen LogP contribution in [0.15, 0.2) is 36.5 Å². The minimum Gasteiger partial charge on any atom is -0.392 e. The van der Waals surface area contributed by atoms with Crippen molar-refractivity contribution in [3.05, 3.63) is 58.2 Å². The number of carbonyl (C=O) groups excluding carboxylic acids is 1. The number of aliphatic hydroxyl groups is 1. The standard InChI is InChI=1S/C18H17ClF3N3O2/c19-13-4-3-12(11-26)14(10-13)17(27)25-8-6-24(7-9-25)16-15(18(20,21)22)2-1-5-23-16/h1-5,10,26H,6-9,11H2. The van der Waals surface area contributed by atoms with E-state index in [2.05, 4.69) is 4.98 Å². The molecule has 0 spiro atoms. The van der Waals surface area contributed by atoms with Crippen LogP contribution in [0.25, 0.3) is 0 Å². The number of rotatable bonds is 3. The van der Waals surface area contributed by atoms with Gasteiger partial charge in [-0.3, -0.25) is 4.79 Å².